The van der Waals surface area contributed by atoms with Crippen LogP contribution in [0, 0.1) is 5.92 Å². The van der Waals surface area contributed by atoms with Crippen LogP contribution < -0.4 is 16.0 Å². The summed E-state index contributed by atoms with van der Waals surface area (Å²) in [6.45, 7) is 5.63. The molecule has 1 aliphatic heterocycles. The summed E-state index contributed by atoms with van der Waals surface area (Å²) >= 11 is 1.26. The van der Waals surface area contributed by atoms with Gasteiger partial charge in [0, 0.05) is 25.7 Å². The molecule has 0 radical (unpaired) electrons. The number of piperidine rings is 1. The highest BCUT2D eigenvalue weighted by Gasteiger charge is 2.27. The van der Waals surface area contributed by atoms with E-state index < -0.39 is 0 Å². The van der Waals surface area contributed by atoms with Gasteiger partial charge in [-0.15, -0.1) is 0 Å². The first-order chi connectivity index (χ1) is 9.52. The normalized spacial score (nSPS) is 19.4. The Morgan fingerprint density at radius 2 is 2.40 bits per heavy atom. The highest BCUT2D eigenvalue weighted by molar-refractivity contribution is 7.11. The van der Waals surface area contributed by atoms with E-state index >= 15 is 0 Å². The molecule has 0 saturated carbocycles. The van der Waals surface area contributed by atoms with Crippen molar-refractivity contribution < 1.29 is 9.90 Å². The number of carbonyl (C=O) groups is 1. The molecule has 1 saturated heterocycles. The second-order valence-electron chi connectivity index (χ2n) is 5.51. The number of hydrogen-bond acceptors (Lipinski definition) is 6. The van der Waals surface area contributed by atoms with Crippen LogP contribution in [0.4, 0.5) is 10.8 Å². The lowest BCUT2D eigenvalue weighted by molar-refractivity contribution is 0.0944. The van der Waals surface area contributed by atoms with Crippen LogP contribution in [-0.4, -0.2) is 41.1 Å². The zero-order chi connectivity index (χ0) is 14.7. The number of aliphatic hydroxyl groups is 1. The molecule has 0 bridgehead atoms. The number of amides is 1. The lowest BCUT2D eigenvalue weighted by atomic mass is 9.99. The fourth-order valence-corrected chi connectivity index (χ4v) is 3.30. The van der Waals surface area contributed by atoms with Crippen molar-refractivity contribution in [3.05, 3.63) is 5.56 Å². The predicted octanol–water partition coefficient (Wildman–Crippen LogP) is 1.07. The Bertz CT molecular complexity index is 475. The lowest BCUT2D eigenvalue weighted by Crippen LogP contribution is -2.38. The van der Waals surface area contributed by atoms with Gasteiger partial charge >= 0.3 is 0 Å². The summed E-state index contributed by atoms with van der Waals surface area (Å²) < 4.78 is 4.13. The first-order valence-electron chi connectivity index (χ1n) is 6.94. The van der Waals surface area contributed by atoms with E-state index in [4.69, 9.17) is 5.73 Å². The average Bonchev–Trinajstić information content (AvgIpc) is 2.80. The van der Waals surface area contributed by atoms with Gasteiger partial charge in [-0.05, 0) is 44.1 Å². The third-order valence-electron chi connectivity index (χ3n) is 3.41. The van der Waals surface area contributed by atoms with Gasteiger partial charge in [0.1, 0.15) is 10.6 Å². The standard InChI is InChI=1S/C13H22N4O2S/c1-8(2)15-12(19)10-11(14)16-20-13(10)17-5-3-4-9(6-17)7-18/h8-9,18H,3-7H2,1-2H3,(H2,14,16)(H,15,19). The number of rotatable bonds is 4. The SMILES string of the molecule is CC(C)NC(=O)c1c(N)nsc1N1CCCC(CO)C1. The highest BCUT2D eigenvalue weighted by atomic mass is 32.1. The van der Waals surface area contributed by atoms with Crippen molar-refractivity contribution in [2.45, 2.75) is 32.7 Å². The van der Waals surface area contributed by atoms with Crippen molar-refractivity contribution in [2.24, 2.45) is 5.92 Å². The van der Waals surface area contributed by atoms with Gasteiger partial charge in [0.05, 0.1) is 0 Å². The van der Waals surface area contributed by atoms with Gasteiger partial charge in [-0.25, -0.2) is 0 Å². The summed E-state index contributed by atoms with van der Waals surface area (Å²) in [5.41, 5.74) is 6.33. The molecule has 2 rings (SSSR count). The number of hydrogen-bond donors (Lipinski definition) is 3. The van der Waals surface area contributed by atoms with Crippen LogP contribution in [0.25, 0.3) is 0 Å². The second-order valence-corrected chi connectivity index (χ2v) is 6.26. The molecule has 1 aromatic heterocycles. The van der Waals surface area contributed by atoms with E-state index in [9.17, 15) is 9.90 Å². The second kappa shape index (κ2) is 6.41. The van der Waals surface area contributed by atoms with Crippen LogP contribution in [0.3, 0.4) is 0 Å². The maximum atomic E-state index is 12.3. The van der Waals surface area contributed by atoms with E-state index in [2.05, 4.69) is 14.6 Å². The van der Waals surface area contributed by atoms with Crippen LogP contribution in [0.2, 0.25) is 0 Å². The Kier molecular flexibility index (Phi) is 4.82. The van der Waals surface area contributed by atoms with Gasteiger partial charge in [0.25, 0.3) is 5.91 Å². The van der Waals surface area contributed by atoms with Gasteiger partial charge in [0.2, 0.25) is 0 Å². The average molecular weight is 298 g/mol. The third-order valence-corrected chi connectivity index (χ3v) is 4.33. The van der Waals surface area contributed by atoms with Crippen molar-refractivity contribution in [3.63, 3.8) is 0 Å². The van der Waals surface area contributed by atoms with Crippen molar-refractivity contribution in [3.8, 4) is 0 Å². The van der Waals surface area contributed by atoms with Gasteiger partial charge in [-0.3, -0.25) is 4.79 Å². The van der Waals surface area contributed by atoms with E-state index in [-0.39, 0.29) is 30.3 Å². The molecule has 1 unspecified atom stereocenters. The molecule has 1 aromatic rings. The molecule has 1 fully saturated rings. The van der Waals surface area contributed by atoms with Crippen LogP contribution in [0.15, 0.2) is 0 Å². The lowest BCUT2D eigenvalue weighted by Gasteiger charge is -2.32. The summed E-state index contributed by atoms with van der Waals surface area (Å²) in [6.07, 6.45) is 2.03. The summed E-state index contributed by atoms with van der Waals surface area (Å²) in [4.78, 5) is 14.4. The van der Waals surface area contributed by atoms with Crippen LogP contribution in [-0.2, 0) is 0 Å². The molecule has 0 aromatic carbocycles. The summed E-state index contributed by atoms with van der Waals surface area (Å²) in [5.74, 6) is 0.370. The topological polar surface area (TPSA) is 91.5 Å². The fraction of sp³-hybridized carbons (Fsp3) is 0.692. The van der Waals surface area contributed by atoms with E-state index in [0.717, 1.165) is 30.9 Å². The van der Waals surface area contributed by atoms with Gasteiger partial charge in [-0.2, -0.15) is 4.37 Å². The van der Waals surface area contributed by atoms with E-state index in [0.29, 0.717) is 5.56 Å². The van der Waals surface area contributed by atoms with Crippen LogP contribution in [0.5, 0.6) is 0 Å². The van der Waals surface area contributed by atoms with E-state index in [1.807, 2.05) is 13.8 Å². The van der Waals surface area contributed by atoms with Crippen molar-refractivity contribution in [2.75, 3.05) is 30.3 Å². The number of carbonyl (C=O) groups excluding carboxylic acids is 1. The molecular weight excluding hydrogens is 276 g/mol. The van der Waals surface area contributed by atoms with Gasteiger partial charge in [0.15, 0.2) is 5.82 Å². The molecule has 1 amide bonds. The molecule has 112 valence electrons. The minimum atomic E-state index is -0.174. The molecule has 0 spiro atoms. The van der Waals surface area contributed by atoms with Crippen LogP contribution >= 0.6 is 11.5 Å². The zero-order valence-corrected chi connectivity index (χ0v) is 12.7. The summed E-state index contributed by atoms with van der Waals surface area (Å²) in [6, 6.07) is 0.0567. The number of anilines is 2. The minimum Gasteiger partial charge on any atom is -0.396 e. The maximum Gasteiger partial charge on any atom is 0.258 e. The molecule has 20 heavy (non-hydrogen) atoms. The van der Waals surface area contributed by atoms with Gasteiger partial charge in [-0.1, -0.05) is 0 Å². The van der Waals surface area contributed by atoms with Gasteiger partial charge < -0.3 is 21.1 Å². The molecule has 6 nitrogen and oxygen atoms in total. The van der Waals surface area contributed by atoms with Crippen molar-refractivity contribution >= 4 is 28.3 Å². The predicted molar refractivity (Wildman–Crippen MR) is 81.2 cm³/mol. The van der Waals surface area contributed by atoms with Crippen molar-refractivity contribution in [1.82, 2.24) is 9.69 Å². The number of nitrogens with two attached hydrogens (primary N) is 1. The number of nitrogen functional groups attached to an aromatic ring is 1. The Morgan fingerprint density at radius 3 is 3.05 bits per heavy atom. The fourth-order valence-electron chi connectivity index (χ4n) is 2.46. The maximum absolute atomic E-state index is 12.3. The quantitative estimate of drug-likeness (QED) is 0.773. The Morgan fingerprint density at radius 1 is 1.65 bits per heavy atom. The Labute approximate surface area is 123 Å². The number of nitrogens with zero attached hydrogens (tertiary/aromatic N) is 2. The smallest absolute Gasteiger partial charge is 0.258 e. The van der Waals surface area contributed by atoms with E-state index in [1.54, 1.807) is 0 Å². The molecule has 1 aliphatic rings. The van der Waals surface area contributed by atoms with Crippen LogP contribution in [0.1, 0.15) is 37.0 Å². The number of aliphatic hydroxyl groups excluding tert-OH is 1. The first-order valence-corrected chi connectivity index (χ1v) is 7.72. The monoisotopic (exact) mass is 298 g/mol. The first kappa shape index (κ1) is 15.1. The highest BCUT2D eigenvalue weighted by Crippen LogP contribution is 2.33. The molecule has 4 N–H and O–H groups in total. The van der Waals surface area contributed by atoms with Crippen molar-refractivity contribution in [1.29, 1.82) is 0 Å². The molecule has 0 aliphatic carbocycles. The molecule has 2 heterocycles. The minimum absolute atomic E-state index is 0.0567. The molecule has 7 heteroatoms. The Balaban J connectivity index is 2.22. The number of aromatic nitrogens is 1. The largest absolute Gasteiger partial charge is 0.396 e. The Hall–Kier alpha value is -1.34. The van der Waals surface area contributed by atoms with E-state index in [1.165, 1.54) is 11.5 Å². The number of nitrogens with one attached hydrogen (secondary N) is 1. The third kappa shape index (κ3) is 3.21. The summed E-state index contributed by atoms with van der Waals surface area (Å²) in [5, 5.41) is 13.0. The molecule has 1 atom stereocenters. The zero-order valence-electron chi connectivity index (χ0n) is 11.9. The molecular formula is C13H22N4O2S. The summed E-state index contributed by atoms with van der Waals surface area (Å²) in [7, 11) is 0.